The van der Waals surface area contributed by atoms with Crippen LogP contribution in [0.4, 0.5) is 23.4 Å². The Bertz CT molecular complexity index is 955. The maximum Gasteiger partial charge on any atom is 0.285 e. The summed E-state index contributed by atoms with van der Waals surface area (Å²) in [6, 6.07) is 6.34. The molecule has 0 unspecified atom stereocenters. The summed E-state index contributed by atoms with van der Waals surface area (Å²) in [5, 5.41) is 4.28. The second-order valence-electron chi connectivity index (χ2n) is 7.28. The van der Waals surface area contributed by atoms with Gasteiger partial charge in [0.1, 0.15) is 17.8 Å². The Morgan fingerprint density at radius 2 is 1.80 bits per heavy atom. The van der Waals surface area contributed by atoms with Crippen molar-refractivity contribution >= 4 is 29.3 Å². The quantitative estimate of drug-likeness (QED) is 0.527. The van der Waals surface area contributed by atoms with E-state index in [9.17, 15) is 17.6 Å². The summed E-state index contributed by atoms with van der Waals surface area (Å²) in [7, 11) is 0. The number of anilines is 1. The number of alkyl halides is 4. The van der Waals surface area contributed by atoms with Crippen molar-refractivity contribution in [1.82, 2.24) is 19.9 Å². The van der Waals surface area contributed by atoms with Crippen molar-refractivity contribution < 1.29 is 17.6 Å². The van der Waals surface area contributed by atoms with Crippen LogP contribution >= 0.6 is 12.4 Å². The average Bonchev–Trinajstić information content (AvgIpc) is 3.19. The summed E-state index contributed by atoms with van der Waals surface area (Å²) < 4.78 is 54.4. The first kappa shape index (κ1) is 22.3. The minimum Gasteiger partial charge on any atom is -0.367 e. The van der Waals surface area contributed by atoms with Gasteiger partial charge in [0.15, 0.2) is 0 Å². The minimum absolute atomic E-state index is 0. The van der Waals surface area contributed by atoms with Crippen molar-refractivity contribution in [3.8, 4) is 0 Å². The van der Waals surface area contributed by atoms with Crippen LogP contribution in [0.15, 0.2) is 42.9 Å². The highest BCUT2D eigenvalue weighted by atomic mass is 35.5. The number of likely N-dealkylation sites (tertiary alicyclic amines) is 1. The molecule has 0 bridgehead atoms. The van der Waals surface area contributed by atoms with E-state index in [4.69, 9.17) is 0 Å². The van der Waals surface area contributed by atoms with Crippen LogP contribution in [0.1, 0.15) is 30.4 Å². The van der Waals surface area contributed by atoms with E-state index in [1.54, 1.807) is 11.1 Å². The zero-order valence-electron chi connectivity index (χ0n) is 16.0. The summed E-state index contributed by atoms with van der Waals surface area (Å²) in [4.78, 5) is 13.2. The molecule has 2 N–H and O–H groups in total. The fraction of sp³-hybridized carbons (Fsp3) is 0.400. The van der Waals surface area contributed by atoms with Gasteiger partial charge in [-0.15, -0.1) is 12.4 Å². The van der Waals surface area contributed by atoms with E-state index in [0.717, 1.165) is 41.1 Å². The van der Waals surface area contributed by atoms with Gasteiger partial charge in [-0.05, 0) is 18.9 Å². The molecule has 1 fully saturated rings. The molecule has 30 heavy (non-hydrogen) atoms. The number of benzene rings is 1. The lowest BCUT2D eigenvalue weighted by molar-refractivity contribution is -0.0421. The van der Waals surface area contributed by atoms with E-state index >= 15 is 0 Å². The first-order valence-corrected chi connectivity index (χ1v) is 9.46. The van der Waals surface area contributed by atoms with Gasteiger partial charge in [-0.3, -0.25) is 4.90 Å². The molecule has 1 saturated heterocycles. The molecule has 3 heterocycles. The molecule has 1 aliphatic heterocycles. The van der Waals surface area contributed by atoms with E-state index in [2.05, 4.69) is 20.3 Å². The Kier molecular flexibility index (Phi) is 6.82. The molecule has 1 aliphatic rings. The highest BCUT2D eigenvalue weighted by Crippen LogP contribution is 2.32. The highest BCUT2D eigenvalue weighted by molar-refractivity contribution is 5.86. The van der Waals surface area contributed by atoms with E-state index in [-0.39, 0.29) is 29.6 Å². The molecule has 0 amide bonds. The summed E-state index contributed by atoms with van der Waals surface area (Å²) in [6.07, 6.45) is 2.03. The van der Waals surface area contributed by atoms with Gasteiger partial charge in [-0.25, -0.2) is 18.7 Å². The molecule has 4 rings (SSSR count). The van der Waals surface area contributed by atoms with E-state index < -0.39 is 18.9 Å². The predicted molar refractivity (Wildman–Crippen MR) is 110 cm³/mol. The van der Waals surface area contributed by atoms with Crippen molar-refractivity contribution in [3.63, 3.8) is 0 Å². The molecule has 3 aromatic rings. The van der Waals surface area contributed by atoms with Crippen molar-refractivity contribution in [1.29, 1.82) is 0 Å². The van der Waals surface area contributed by atoms with Gasteiger partial charge in [0.05, 0.1) is 11.9 Å². The van der Waals surface area contributed by atoms with Gasteiger partial charge in [-0.2, -0.15) is 8.78 Å². The summed E-state index contributed by atoms with van der Waals surface area (Å²) in [6.45, 7) is 0.608. The van der Waals surface area contributed by atoms with Gasteiger partial charge < -0.3 is 10.3 Å². The maximum absolute atomic E-state index is 14.6. The van der Waals surface area contributed by atoms with Gasteiger partial charge in [-0.1, -0.05) is 24.3 Å². The van der Waals surface area contributed by atoms with E-state index in [1.165, 1.54) is 6.33 Å². The van der Waals surface area contributed by atoms with Crippen LogP contribution in [0, 0.1) is 0 Å². The highest BCUT2D eigenvalue weighted by Gasteiger charge is 2.35. The Morgan fingerprint density at radius 3 is 2.47 bits per heavy atom. The van der Waals surface area contributed by atoms with Crippen LogP contribution in [0.25, 0.3) is 11.0 Å². The number of fused-ring (bicyclic) bond motifs is 1. The number of nitrogens with one attached hydrogen (secondary N) is 2. The van der Waals surface area contributed by atoms with Crippen molar-refractivity contribution in [2.45, 2.75) is 31.2 Å². The van der Waals surface area contributed by atoms with Gasteiger partial charge in [0, 0.05) is 36.5 Å². The molecule has 10 heteroatoms. The molecule has 5 nitrogen and oxygen atoms in total. The molecular formula is C20H22ClF4N5. The molecule has 0 radical (unpaired) electrons. The molecule has 162 valence electrons. The lowest BCUT2D eigenvalue weighted by Gasteiger charge is -2.34. The number of halogens is 5. The first-order valence-electron chi connectivity index (χ1n) is 9.46. The summed E-state index contributed by atoms with van der Waals surface area (Å²) in [5.74, 6) is -2.36. The van der Waals surface area contributed by atoms with Gasteiger partial charge in [0.25, 0.3) is 12.3 Å². The fourth-order valence-electron chi connectivity index (χ4n) is 3.66. The van der Waals surface area contributed by atoms with Crippen LogP contribution in [-0.2, 0) is 5.92 Å². The molecule has 0 aliphatic carbocycles. The third-order valence-corrected chi connectivity index (χ3v) is 5.29. The third-order valence-electron chi connectivity index (χ3n) is 5.29. The van der Waals surface area contributed by atoms with Gasteiger partial charge in [0.2, 0.25) is 0 Å². The number of aromatic nitrogens is 3. The second-order valence-corrected chi connectivity index (χ2v) is 7.28. The largest absolute Gasteiger partial charge is 0.367 e. The normalized spacial score (nSPS) is 16.0. The zero-order valence-corrected chi connectivity index (χ0v) is 16.8. The van der Waals surface area contributed by atoms with E-state index in [1.807, 2.05) is 6.07 Å². The number of nitrogens with zero attached hydrogens (tertiary/aromatic N) is 3. The SMILES string of the molecule is Cl.FC(F)c1ccc(C(F)(F)CN2CCC(Nc3ncnc4[nH]ccc34)CC2)cc1. The van der Waals surface area contributed by atoms with Crippen LogP contribution in [0.3, 0.4) is 0 Å². The number of hydrogen-bond donors (Lipinski definition) is 2. The molecule has 0 atom stereocenters. The Labute approximate surface area is 177 Å². The Morgan fingerprint density at radius 1 is 1.10 bits per heavy atom. The summed E-state index contributed by atoms with van der Waals surface area (Å²) in [5.41, 5.74) is 0.258. The van der Waals surface area contributed by atoms with Crippen molar-refractivity contribution in [2.24, 2.45) is 0 Å². The predicted octanol–water partition coefficient (Wildman–Crippen LogP) is 4.99. The van der Waals surface area contributed by atoms with E-state index in [0.29, 0.717) is 25.9 Å². The second kappa shape index (κ2) is 9.18. The average molecular weight is 444 g/mol. The Balaban J connectivity index is 0.00000256. The number of hydrogen-bond acceptors (Lipinski definition) is 4. The number of rotatable bonds is 6. The number of H-pyrrole nitrogens is 1. The molecule has 2 aromatic heterocycles. The topological polar surface area (TPSA) is 56.8 Å². The lowest BCUT2D eigenvalue weighted by Crippen LogP contribution is -2.43. The number of piperidine rings is 1. The first-order chi connectivity index (χ1) is 13.9. The third kappa shape index (κ3) is 4.84. The molecule has 1 aromatic carbocycles. The smallest absolute Gasteiger partial charge is 0.285 e. The van der Waals surface area contributed by atoms with Gasteiger partial charge >= 0.3 is 0 Å². The monoisotopic (exact) mass is 443 g/mol. The molecule has 0 saturated carbocycles. The Hall–Kier alpha value is -2.39. The van der Waals surface area contributed by atoms with Crippen LogP contribution < -0.4 is 5.32 Å². The van der Waals surface area contributed by atoms with Crippen molar-refractivity contribution in [3.05, 3.63) is 54.0 Å². The van der Waals surface area contributed by atoms with Crippen LogP contribution in [0.5, 0.6) is 0 Å². The van der Waals surface area contributed by atoms with Crippen LogP contribution in [0.2, 0.25) is 0 Å². The minimum atomic E-state index is -3.09. The molecule has 0 spiro atoms. The van der Waals surface area contributed by atoms with Crippen LogP contribution in [-0.4, -0.2) is 45.5 Å². The lowest BCUT2D eigenvalue weighted by atomic mass is 10.0. The zero-order chi connectivity index (χ0) is 20.4. The summed E-state index contributed by atoms with van der Waals surface area (Å²) >= 11 is 0. The van der Waals surface area contributed by atoms with Crippen molar-refractivity contribution in [2.75, 3.05) is 25.0 Å². The standard InChI is InChI=1S/C20H21F4N5.ClH/c21-17(22)13-1-3-14(4-2-13)20(23,24)11-29-9-6-15(7-10-29)28-19-16-5-8-25-18(16)26-12-27-19;/h1-5,8,12,15,17H,6-7,9-11H2,(H2,25,26,27,28);1H. The number of aromatic amines is 1. The maximum atomic E-state index is 14.6. The molecular weight excluding hydrogens is 422 g/mol. The fourth-order valence-corrected chi connectivity index (χ4v) is 3.66.